The highest BCUT2D eigenvalue weighted by Gasteiger charge is 2.18. The van der Waals surface area contributed by atoms with Crippen LogP contribution in [0.4, 0.5) is 4.79 Å². The van der Waals surface area contributed by atoms with Crippen molar-refractivity contribution in [2.24, 2.45) is 0 Å². The maximum absolute atomic E-state index is 13.0. The Bertz CT molecular complexity index is 1550. The molecule has 10 heteroatoms. The standard InChI is InChI=1S/C25H23N7O3/c1-2-3-8-21-26-20-13-14-31(25(34)35)24(33)22(20)32(21)15-16-9-11-17(12-10-16)18-6-4-5-7-19(18)23-27-29-30-28-23/h4-7,9-14H,2-3,8,15H2,1H3,(H,34,35)(H,27,28,29,30). The zero-order valence-corrected chi connectivity index (χ0v) is 19.0. The molecular weight excluding hydrogens is 446 g/mol. The Morgan fingerprint density at radius 2 is 1.83 bits per heavy atom. The fourth-order valence-corrected chi connectivity index (χ4v) is 4.21. The first-order valence-electron chi connectivity index (χ1n) is 11.3. The Kier molecular flexibility index (Phi) is 5.92. The minimum atomic E-state index is -1.32. The SMILES string of the molecule is CCCCc1nc2ccn(C(=O)O)c(=O)c2n1Cc1ccc(-c2ccccc2-c2nn[nH]n2)cc1. The van der Waals surface area contributed by atoms with Crippen molar-refractivity contribution in [3.63, 3.8) is 0 Å². The molecule has 0 aliphatic carbocycles. The summed E-state index contributed by atoms with van der Waals surface area (Å²) in [6, 6.07) is 17.4. The van der Waals surface area contributed by atoms with Gasteiger partial charge < -0.3 is 9.67 Å². The Labute approximate surface area is 199 Å². The number of rotatable bonds is 7. The molecule has 176 valence electrons. The van der Waals surface area contributed by atoms with E-state index in [9.17, 15) is 14.7 Å². The van der Waals surface area contributed by atoms with Gasteiger partial charge in [0, 0.05) is 24.7 Å². The van der Waals surface area contributed by atoms with Gasteiger partial charge in [-0.1, -0.05) is 61.9 Å². The molecule has 10 nitrogen and oxygen atoms in total. The van der Waals surface area contributed by atoms with E-state index in [0.29, 0.717) is 34.4 Å². The average Bonchev–Trinajstić information content (AvgIpc) is 3.52. The van der Waals surface area contributed by atoms with E-state index in [2.05, 4.69) is 32.5 Å². The van der Waals surface area contributed by atoms with Gasteiger partial charge in [-0.25, -0.2) is 14.3 Å². The fourth-order valence-electron chi connectivity index (χ4n) is 4.21. The Hall–Kier alpha value is -4.60. The summed E-state index contributed by atoms with van der Waals surface area (Å²) in [7, 11) is 0. The van der Waals surface area contributed by atoms with Crippen LogP contribution in [0.5, 0.6) is 0 Å². The molecule has 0 unspecified atom stereocenters. The lowest BCUT2D eigenvalue weighted by molar-refractivity contribution is 0.195. The molecule has 0 bridgehead atoms. The van der Waals surface area contributed by atoms with Gasteiger partial charge in [0.2, 0.25) is 5.82 Å². The second kappa shape index (κ2) is 9.34. The summed E-state index contributed by atoms with van der Waals surface area (Å²) in [5.41, 5.74) is 4.01. The number of benzene rings is 2. The largest absolute Gasteiger partial charge is 0.464 e. The first-order chi connectivity index (χ1) is 17.1. The second-order valence-electron chi connectivity index (χ2n) is 8.20. The summed E-state index contributed by atoms with van der Waals surface area (Å²) in [4.78, 5) is 29.1. The summed E-state index contributed by atoms with van der Waals surface area (Å²) >= 11 is 0. The number of imidazole rings is 1. The van der Waals surface area contributed by atoms with Gasteiger partial charge in [-0.3, -0.25) is 4.79 Å². The van der Waals surface area contributed by atoms with Crippen LogP contribution in [0.3, 0.4) is 0 Å². The van der Waals surface area contributed by atoms with E-state index in [-0.39, 0.29) is 0 Å². The number of hydrogen-bond donors (Lipinski definition) is 2. The van der Waals surface area contributed by atoms with Crippen LogP contribution in [-0.4, -0.2) is 45.9 Å². The van der Waals surface area contributed by atoms with Crippen LogP contribution in [0.15, 0.2) is 65.6 Å². The number of carboxylic acid groups (broad SMARTS) is 1. The number of fused-ring (bicyclic) bond motifs is 1. The summed E-state index contributed by atoms with van der Waals surface area (Å²) < 4.78 is 2.54. The Balaban J connectivity index is 1.53. The number of aromatic nitrogens is 7. The van der Waals surface area contributed by atoms with Gasteiger partial charge in [0.15, 0.2) is 0 Å². The highest BCUT2D eigenvalue weighted by Crippen LogP contribution is 2.30. The lowest BCUT2D eigenvalue weighted by Gasteiger charge is -2.11. The number of carbonyl (C=O) groups is 1. The van der Waals surface area contributed by atoms with E-state index in [1.54, 1.807) is 6.07 Å². The molecule has 3 aromatic heterocycles. The van der Waals surface area contributed by atoms with Crippen LogP contribution in [0.1, 0.15) is 31.2 Å². The number of H-pyrrole nitrogens is 1. The third kappa shape index (κ3) is 4.21. The van der Waals surface area contributed by atoms with Crippen molar-refractivity contribution in [1.29, 1.82) is 0 Å². The first kappa shape index (κ1) is 22.2. The molecule has 5 rings (SSSR count). The predicted octanol–water partition coefficient (Wildman–Crippen LogP) is 3.96. The molecular formula is C25H23N7O3. The van der Waals surface area contributed by atoms with Crippen molar-refractivity contribution >= 4 is 17.1 Å². The molecule has 0 fully saturated rings. The van der Waals surface area contributed by atoms with Crippen molar-refractivity contribution in [3.8, 4) is 22.5 Å². The fraction of sp³-hybridized carbons (Fsp3) is 0.200. The molecule has 0 aliphatic heterocycles. The predicted molar refractivity (Wildman–Crippen MR) is 130 cm³/mol. The van der Waals surface area contributed by atoms with Crippen molar-refractivity contribution < 1.29 is 9.90 Å². The van der Waals surface area contributed by atoms with E-state index in [1.807, 2.05) is 53.1 Å². The molecule has 0 saturated carbocycles. The highest BCUT2D eigenvalue weighted by atomic mass is 16.4. The smallest absolute Gasteiger partial charge is 0.418 e. The van der Waals surface area contributed by atoms with Gasteiger partial charge in [0.25, 0.3) is 5.56 Å². The monoisotopic (exact) mass is 469 g/mol. The lowest BCUT2D eigenvalue weighted by atomic mass is 9.98. The van der Waals surface area contributed by atoms with Crippen LogP contribution in [0.25, 0.3) is 33.5 Å². The third-order valence-electron chi connectivity index (χ3n) is 5.96. The number of tetrazole rings is 1. The molecule has 2 N–H and O–H groups in total. The minimum absolute atomic E-state index is 0.299. The number of unbranched alkanes of at least 4 members (excludes halogenated alkanes) is 1. The summed E-state index contributed by atoms with van der Waals surface area (Å²) in [5, 5.41) is 23.7. The van der Waals surface area contributed by atoms with Crippen LogP contribution < -0.4 is 5.56 Å². The molecule has 0 amide bonds. The molecule has 5 aromatic rings. The Morgan fingerprint density at radius 1 is 1.06 bits per heavy atom. The van der Waals surface area contributed by atoms with E-state index in [4.69, 9.17) is 0 Å². The van der Waals surface area contributed by atoms with E-state index in [0.717, 1.165) is 40.9 Å². The van der Waals surface area contributed by atoms with Crippen molar-refractivity contribution in [2.75, 3.05) is 0 Å². The van der Waals surface area contributed by atoms with E-state index in [1.165, 1.54) is 6.20 Å². The number of hydrogen-bond acceptors (Lipinski definition) is 6. The zero-order chi connectivity index (χ0) is 24.4. The first-order valence-corrected chi connectivity index (χ1v) is 11.3. The molecule has 3 heterocycles. The molecule has 35 heavy (non-hydrogen) atoms. The van der Waals surface area contributed by atoms with Crippen LogP contribution in [0, 0.1) is 0 Å². The number of pyridine rings is 1. The third-order valence-corrected chi connectivity index (χ3v) is 5.96. The van der Waals surface area contributed by atoms with Gasteiger partial charge in [0.1, 0.15) is 11.3 Å². The highest BCUT2D eigenvalue weighted by molar-refractivity contribution is 5.81. The van der Waals surface area contributed by atoms with Crippen LogP contribution in [-0.2, 0) is 13.0 Å². The number of nitrogens with zero attached hydrogens (tertiary/aromatic N) is 6. The van der Waals surface area contributed by atoms with Gasteiger partial charge in [-0.2, -0.15) is 5.21 Å². The van der Waals surface area contributed by atoms with Crippen molar-refractivity contribution in [3.05, 3.63) is 82.5 Å². The van der Waals surface area contributed by atoms with Crippen molar-refractivity contribution in [2.45, 2.75) is 32.7 Å². The number of nitrogens with one attached hydrogen (secondary N) is 1. The summed E-state index contributed by atoms with van der Waals surface area (Å²) in [6.07, 6.45) is 2.54. The average molecular weight is 470 g/mol. The number of aromatic amines is 1. The molecule has 2 aromatic carbocycles. The Morgan fingerprint density at radius 3 is 2.51 bits per heavy atom. The number of aryl methyl sites for hydroxylation is 1. The quantitative estimate of drug-likeness (QED) is 0.369. The van der Waals surface area contributed by atoms with Gasteiger partial charge in [0.05, 0.1) is 5.52 Å². The van der Waals surface area contributed by atoms with Gasteiger partial charge in [-0.05, 0) is 34.4 Å². The van der Waals surface area contributed by atoms with Crippen molar-refractivity contribution in [1.82, 2.24) is 34.7 Å². The van der Waals surface area contributed by atoms with Crippen LogP contribution >= 0.6 is 0 Å². The van der Waals surface area contributed by atoms with Gasteiger partial charge in [-0.15, -0.1) is 10.2 Å². The normalized spacial score (nSPS) is 11.2. The van der Waals surface area contributed by atoms with E-state index >= 15 is 0 Å². The molecule has 0 aliphatic rings. The summed E-state index contributed by atoms with van der Waals surface area (Å²) in [6.45, 7) is 2.50. The maximum atomic E-state index is 13.0. The molecule has 0 saturated heterocycles. The topological polar surface area (TPSA) is 132 Å². The van der Waals surface area contributed by atoms with E-state index < -0.39 is 11.7 Å². The summed E-state index contributed by atoms with van der Waals surface area (Å²) in [5.74, 6) is 1.29. The van der Waals surface area contributed by atoms with Crippen LogP contribution in [0.2, 0.25) is 0 Å². The van der Waals surface area contributed by atoms with Gasteiger partial charge >= 0.3 is 6.09 Å². The zero-order valence-electron chi connectivity index (χ0n) is 19.0. The maximum Gasteiger partial charge on any atom is 0.418 e. The lowest BCUT2D eigenvalue weighted by Crippen LogP contribution is -2.26. The molecule has 0 spiro atoms. The second-order valence-corrected chi connectivity index (χ2v) is 8.20. The minimum Gasteiger partial charge on any atom is -0.464 e. The molecule has 0 atom stereocenters. The molecule has 0 radical (unpaired) electrons.